The molecule has 33 heavy (non-hydrogen) atoms. The number of aromatic amines is 1. The van der Waals surface area contributed by atoms with Gasteiger partial charge in [0.05, 0.1) is 24.9 Å². The topological polar surface area (TPSA) is 115 Å². The lowest BCUT2D eigenvalue weighted by atomic mass is 9.81. The van der Waals surface area contributed by atoms with Crippen LogP contribution in [0.4, 0.5) is 17.5 Å². The number of aromatic nitrogens is 4. The van der Waals surface area contributed by atoms with Crippen LogP contribution in [0.1, 0.15) is 44.2 Å². The number of methoxy groups -OCH3 is 1. The van der Waals surface area contributed by atoms with Crippen LogP contribution in [-0.2, 0) is 0 Å². The largest absolute Gasteiger partial charge is 0.495 e. The maximum absolute atomic E-state index is 9.06. The van der Waals surface area contributed by atoms with Crippen molar-refractivity contribution in [3.05, 3.63) is 30.1 Å². The number of hydrogen-bond donors (Lipinski definition) is 3. The second-order valence-corrected chi connectivity index (χ2v) is 9.06. The van der Waals surface area contributed by atoms with Crippen LogP contribution >= 0.6 is 0 Å². The fraction of sp³-hybridized carbons (Fsp3) is 0.500. The normalized spacial score (nSPS) is 22.6. The van der Waals surface area contributed by atoms with Gasteiger partial charge in [-0.25, -0.2) is 4.98 Å². The highest BCUT2D eigenvalue weighted by Gasteiger charge is 2.38. The van der Waals surface area contributed by atoms with Crippen molar-refractivity contribution in [3.63, 3.8) is 0 Å². The van der Waals surface area contributed by atoms with Gasteiger partial charge in [0.15, 0.2) is 5.82 Å². The molecule has 0 aromatic carbocycles. The molecule has 1 unspecified atom stereocenters. The molecule has 5 rings (SSSR count). The summed E-state index contributed by atoms with van der Waals surface area (Å²) in [5.41, 5.74) is 1.82. The minimum atomic E-state index is 0.323. The minimum Gasteiger partial charge on any atom is -0.495 e. The SMILES string of the molecule is COc1cnc2cc(Nc3cc(C)[nH]n3)nc(NC3C[C@H]4CCC[C@@H](C3)N4CCC#N)c2c1. The standard InChI is InChI=1S/C24H30N8O/c1-15-9-23(31-30-15)28-22-13-21-20(12-19(33-2)14-26-21)24(29-22)27-16-10-17-5-3-6-18(11-16)32(17)8-4-7-25/h9,12-14,16-18H,3-6,8,10-11H2,1-2H3,(H3,27,28,29,30,31)/t16?,17-,18+. The van der Waals surface area contributed by atoms with E-state index in [1.54, 1.807) is 13.3 Å². The fourth-order valence-electron chi connectivity index (χ4n) is 5.34. The number of rotatable bonds is 7. The summed E-state index contributed by atoms with van der Waals surface area (Å²) in [5, 5.41) is 24.3. The van der Waals surface area contributed by atoms with Crippen molar-refractivity contribution in [1.82, 2.24) is 25.1 Å². The second-order valence-electron chi connectivity index (χ2n) is 9.06. The molecule has 9 heteroatoms. The first-order chi connectivity index (χ1) is 16.1. The van der Waals surface area contributed by atoms with Gasteiger partial charge in [-0.1, -0.05) is 6.42 Å². The molecule has 172 valence electrons. The maximum atomic E-state index is 9.06. The summed E-state index contributed by atoms with van der Waals surface area (Å²) in [6.07, 6.45) is 8.11. The molecule has 3 aromatic heterocycles. The number of pyridine rings is 2. The molecule has 0 saturated carbocycles. The number of nitrogens with zero attached hydrogens (tertiary/aromatic N) is 5. The monoisotopic (exact) mass is 446 g/mol. The van der Waals surface area contributed by atoms with E-state index in [1.807, 2.05) is 25.1 Å². The Labute approximate surface area is 193 Å². The minimum absolute atomic E-state index is 0.323. The third-order valence-corrected chi connectivity index (χ3v) is 6.80. The summed E-state index contributed by atoms with van der Waals surface area (Å²) in [4.78, 5) is 12.1. The number of hydrogen-bond acceptors (Lipinski definition) is 8. The third-order valence-electron chi connectivity index (χ3n) is 6.80. The zero-order valence-electron chi connectivity index (χ0n) is 19.1. The van der Waals surface area contributed by atoms with Gasteiger partial charge in [0.1, 0.15) is 17.4 Å². The molecule has 3 aromatic rings. The van der Waals surface area contributed by atoms with Gasteiger partial charge in [-0.15, -0.1) is 0 Å². The van der Waals surface area contributed by atoms with E-state index in [0.29, 0.717) is 36.1 Å². The number of nitriles is 1. The van der Waals surface area contributed by atoms with Gasteiger partial charge in [-0.2, -0.15) is 10.4 Å². The number of aryl methyl sites for hydroxylation is 1. The number of anilines is 3. The Morgan fingerprint density at radius 2 is 2.03 bits per heavy atom. The van der Waals surface area contributed by atoms with Gasteiger partial charge in [0, 0.05) is 54.3 Å². The predicted molar refractivity (Wildman–Crippen MR) is 128 cm³/mol. The summed E-state index contributed by atoms with van der Waals surface area (Å²) in [6, 6.07) is 9.55. The molecule has 0 aliphatic carbocycles. The molecular formula is C24H30N8O. The Hall–Kier alpha value is -3.38. The summed E-state index contributed by atoms with van der Waals surface area (Å²) < 4.78 is 5.43. The van der Waals surface area contributed by atoms with E-state index in [-0.39, 0.29) is 0 Å². The molecule has 0 spiro atoms. The van der Waals surface area contributed by atoms with Crippen molar-refractivity contribution in [2.24, 2.45) is 0 Å². The summed E-state index contributed by atoms with van der Waals surface area (Å²) in [6.45, 7) is 2.84. The van der Waals surface area contributed by atoms with E-state index in [1.165, 1.54) is 19.3 Å². The molecule has 3 N–H and O–H groups in total. The third kappa shape index (κ3) is 4.57. The highest BCUT2D eigenvalue weighted by atomic mass is 16.5. The van der Waals surface area contributed by atoms with Crippen molar-refractivity contribution in [2.75, 3.05) is 24.3 Å². The van der Waals surface area contributed by atoms with E-state index < -0.39 is 0 Å². The van der Waals surface area contributed by atoms with E-state index >= 15 is 0 Å². The Morgan fingerprint density at radius 3 is 2.73 bits per heavy atom. The van der Waals surface area contributed by atoms with E-state index in [4.69, 9.17) is 15.0 Å². The zero-order valence-corrected chi connectivity index (χ0v) is 19.1. The maximum Gasteiger partial charge on any atom is 0.153 e. The van der Waals surface area contributed by atoms with E-state index in [0.717, 1.165) is 47.6 Å². The average molecular weight is 447 g/mol. The van der Waals surface area contributed by atoms with Crippen molar-refractivity contribution in [1.29, 1.82) is 5.26 Å². The Bertz CT molecular complexity index is 1150. The Morgan fingerprint density at radius 1 is 1.21 bits per heavy atom. The average Bonchev–Trinajstić information content (AvgIpc) is 3.21. The Balaban J connectivity index is 1.43. The van der Waals surface area contributed by atoms with Crippen molar-refractivity contribution >= 4 is 28.4 Å². The van der Waals surface area contributed by atoms with Crippen LogP contribution in [0.15, 0.2) is 24.4 Å². The van der Waals surface area contributed by atoms with Gasteiger partial charge in [0.2, 0.25) is 0 Å². The lowest BCUT2D eigenvalue weighted by Crippen LogP contribution is -2.55. The molecule has 3 atom stereocenters. The zero-order chi connectivity index (χ0) is 22.8. The second kappa shape index (κ2) is 9.24. The van der Waals surface area contributed by atoms with E-state index in [9.17, 15) is 0 Å². The fourth-order valence-corrected chi connectivity index (χ4v) is 5.34. The summed E-state index contributed by atoms with van der Waals surface area (Å²) in [5.74, 6) is 2.93. The van der Waals surface area contributed by atoms with E-state index in [2.05, 4.69) is 36.8 Å². The first kappa shape index (κ1) is 21.5. The molecule has 2 aliphatic heterocycles. The molecular weight excluding hydrogens is 416 g/mol. The number of nitrogens with one attached hydrogen (secondary N) is 3. The van der Waals surface area contributed by atoms with Crippen LogP contribution in [-0.4, -0.2) is 56.8 Å². The van der Waals surface area contributed by atoms with Crippen LogP contribution in [0.25, 0.3) is 10.9 Å². The molecule has 2 fully saturated rings. The lowest BCUT2D eigenvalue weighted by Gasteiger charge is -2.49. The van der Waals surface area contributed by atoms with Gasteiger partial charge >= 0.3 is 0 Å². The quantitative estimate of drug-likeness (QED) is 0.496. The van der Waals surface area contributed by atoms with Crippen LogP contribution in [0.2, 0.25) is 0 Å². The van der Waals surface area contributed by atoms with Gasteiger partial charge in [-0.05, 0) is 38.7 Å². The van der Waals surface area contributed by atoms with Crippen LogP contribution in [0, 0.1) is 18.3 Å². The first-order valence-corrected chi connectivity index (χ1v) is 11.7. The van der Waals surface area contributed by atoms with Crippen molar-refractivity contribution in [2.45, 2.75) is 63.6 Å². The van der Waals surface area contributed by atoms with Gasteiger partial charge in [-0.3, -0.25) is 15.0 Å². The molecule has 0 radical (unpaired) electrons. The highest BCUT2D eigenvalue weighted by molar-refractivity contribution is 5.92. The van der Waals surface area contributed by atoms with Gasteiger partial charge < -0.3 is 15.4 Å². The van der Waals surface area contributed by atoms with Crippen LogP contribution in [0.3, 0.4) is 0 Å². The number of piperidine rings is 2. The summed E-state index contributed by atoms with van der Waals surface area (Å²) >= 11 is 0. The van der Waals surface area contributed by atoms with Crippen molar-refractivity contribution < 1.29 is 4.74 Å². The Kier molecular flexibility index (Phi) is 6.01. The molecule has 0 amide bonds. The number of ether oxygens (including phenoxy) is 1. The predicted octanol–water partition coefficient (Wildman–Crippen LogP) is 4.12. The molecule has 5 heterocycles. The molecule has 2 bridgehead atoms. The van der Waals surface area contributed by atoms with Gasteiger partial charge in [0.25, 0.3) is 0 Å². The highest BCUT2D eigenvalue weighted by Crippen LogP contribution is 2.36. The summed E-state index contributed by atoms with van der Waals surface area (Å²) in [7, 11) is 1.65. The molecule has 2 saturated heterocycles. The lowest BCUT2D eigenvalue weighted by molar-refractivity contribution is 0.0370. The molecule has 2 aliphatic rings. The molecule has 9 nitrogen and oxygen atoms in total. The number of H-pyrrole nitrogens is 1. The van der Waals surface area contributed by atoms with Crippen molar-refractivity contribution in [3.8, 4) is 11.8 Å². The number of fused-ring (bicyclic) bond motifs is 3. The van der Waals surface area contributed by atoms with Crippen LogP contribution < -0.4 is 15.4 Å². The first-order valence-electron chi connectivity index (χ1n) is 11.7. The smallest absolute Gasteiger partial charge is 0.153 e. The van der Waals surface area contributed by atoms with Crippen LogP contribution in [0.5, 0.6) is 5.75 Å².